The molecule has 1 saturated heterocycles. The van der Waals surface area contributed by atoms with Gasteiger partial charge in [0.1, 0.15) is 17.2 Å². The number of ether oxygens (including phenoxy) is 1. The van der Waals surface area contributed by atoms with E-state index < -0.39 is 5.60 Å². The number of amides is 1. The Bertz CT molecular complexity index is 1150. The van der Waals surface area contributed by atoms with Gasteiger partial charge in [0.15, 0.2) is 0 Å². The van der Waals surface area contributed by atoms with E-state index in [9.17, 15) is 9.18 Å². The summed E-state index contributed by atoms with van der Waals surface area (Å²) in [6, 6.07) is 13.9. The van der Waals surface area contributed by atoms with Crippen LogP contribution in [0.1, 0.15) is 31.4 Å². The van der Waals surface area contributed by atoms with Crippen LogP contribution < -0.4 is 10.2 Å². The monoisotopic (exact) mass is 447 g/mol. The maximum absolute atomic E-state index is 13.9. The molecular formula is C25H26FN5O2. The average molecular weight is 448 g/mol. The predicted molar refractivity (Wildman–Crippen MR) is 123 cm³/mol. The van der Waals surface area contributed by atoms with Crippen LogP contribution in [0.3, 0.4) is 0 Å². The number of anilines is 2. The van der Waals surface area contributed by atoms with Crippen LogP contribution in [-0.4, -0.2) is 40.0 Å². The third-order valence-electron chi connectivity index (χ3n) is 6.56. The number of nitrogens with zero attached hydrogens (tertiary/aromatic N) is 4. The minimum Gasteiger partial charge on any atom is -0.441 e. The molecule has 0 bridgehead atoms. The number of carbonyl (C=O) groups excluding carboxylic acids is 1. The molecule has 0 atom stereocenters. The molecule has 3 aromatic rings. The van der Waals surface area contributed by atoms with Crippen molar-refractivity contribution in [2.45, 2.75) is 38.2 Å². The van der Waals surface area contributed by atoms with Crippen LogP contribution in [0.5, 0.6) is 0 Å². The average Bonchev–Trinajstić information content (AvgIpc) is 3.15. The fourth-order valence-electron chi connectivity index (χ4n) is 4.68. The fourth-order valence-corrected chi connectivity index (χ4v) is 4.68. The van der Waals surface area contributed by atoms with E-state index in [1.807, 2.05) is 25.1 Å². The molecule has 3 heterocycles. The standard InChI is InChI=1S/C25H26FN5O2/c1-17-14-19(10-13-27-17)31-16-25(33-24(31)32)11-8-18(9-12-25)15-28-23-7-6-22(29-30-23)20-4-2-3-5-21(20)26/h2-7,10,13-14,18H,8-9,11-12,15-16H2,1H3,(H,28,30)/t18-,25-. The highest BCUT2D eigenvalue weighted by atomic mass is 19.1. The summed E-state index contributed by atoms with van der Waals surface area (Å²) < 4.78 is 19.8. The molecule has 2 aliphatic rings. The highest BCUT2D eigenvalue weighted by Gasteiger charge is 2.47. The van der Waals surface area contributed by atoms with E-state index in [-0.39, 0.29) is 11.9 Å². The Morgan fingerprint density at radius 3 is 2.70 bits per heavy atom. The van der Waals surface area contributed by atoms with Gasteiger partial charge in [-0.1, -0.05) is 12.1 Å². The molecule has 1 N–H and O–H groups in total. The van der Waals surface area contributed by atoms with Crippen molar-refractivity contribution in [3.05, 3.63) is 66.2 Å². The summed E-state index contributed by atoms with van der Waals surface area (Å²) in [6.07, 6.45) is 5.04. The van der Waals surface area contributed by atoms with Crippen LogP contribution in [-0.2, 0) is 4.74 Å². The SMILES string of the molecule is Cc1cc(N2C[C@]3(CC[C@@H](CNc4ccc(-c5ccccc5F)nn4)CC3)OC2=O)ccn1. The largest absolute Gasteiger partial charge is 0.441 e. The van der Waals surface area contributed by atoms with Crippen LogP contribution >= 0.6 is 0 Å². The van der Waals surface area contributed by atoms with Gasteiger partial charge in [0.25, 0.3) is 0 Å². The molecule has 2 fully saturated rings. The molecule has 1 saturated carbocycles. The molecule has 8 heteroatoms. The number of aromatic nitrogens is 3. The van der Waals surface area contributed by atoms with E-state index in [0.29, 0.717) is 29.5 Å². The van der Waals surface area contributed by atoms with Crippen molar-refractivity contribution < 1.29 is 13.9 Å². The summed E-state index contributed by atoms with van der Waals surface area (Å²) in [7, 11) is 0. The van der Waals surface area contributed by atoms with Gasteiger partial charge in [-0.15, -0.1) is 10.2 Å². The number of aryl methyl sites for hydroxylation is 1. The van der Waals surface area contributed by atoms with Gasteiger partial charge < -0.3 is 10.1 Å². The van der Waals surface area contributed by atoms with Gasteiger partial charge in [-0.3, -0.25) is 9.88 Å². The topological polar surface area (TPSA) is 80.2 Å². The zero-order valence-corrected chi connectivity index (χ0v) is 18.5. The highest BCUT2D eigenvalue weighted by Crippen LogP contribution is 2.40. The number of carbonyl (C=O) groups is 1. The van der Waals surface area contributed by atoms with Crippen molar-refractivity contribution in [3.8, 4) is 11.3 Å². The van der Waals surface area contributed by atoms with Gasteiger partial charge in [0.2, 0.25) is 0 Å². The van der Waals surface area contributed by atoms with E-state index in [4.69, 9.17) is 4.74 Å². The van der Waals surface area contributed by atoms with Gasteiger partial charge in [-0.05, 0) is 74.9 Å². The zero-order valence-electron chi connectivity index (χ0n) is 18.5. The molecule has 1 amide bonds. The van der Waals surface area contributed by atoms with Gasteiger partial charge in [0, 0.05) is 24.0 Å². The molecule has 0 radical (unpaired) electrons. The van der Waals surface area contributed by atoms with Crippen LogP contribution in [0.25, 0.3) is 11.3 Å². The fraction of sp³-hybridized carbons (Fsp3) is 0.360. The lowest BCUT2D eigenvalue weighted by Crippen LogP contribution is -2.39. The Kier molecular flexibility index (Phi) is 5.66. The minimum absolute atomic E-state index is 0.276. The lowest BCUT2D eigenvalue weighted by Gasteiger charge is -2.35. The third-order valence-corrected chi connectivity index (χ3v) is 6.56. The Hall–Kier alpha value is -3.55. The van der Waals surface area contributed by atoms with Crippen LogP contribution in [0.4, 0.5) is 20.7 Å². The second kappa shape index (κ2) is 8.77. The van der Waals surface area contributed by atoms with E-state index in [0.717, 1.165) is 43.6 Å². The molecule has 5 rings (SSSR count). The number of benzene rings is 1. The van der Waals surface area contributed by atoms with Gasteiger partial charge in [-0.2, -0.15) is 0 Å². The molecule has 7 nitrogen and oxygen atoms in total. The zero-order chi connectivity index (χ0) is 22.8. The summed E-state index contributed by atoms with van der Waals surface area (Å²) >= 11 is 0. The Labute approximate surface area is 192 Å². The first-order valence-corrected chi connectivity index (χ1v) is 11.3. The summed E-state index contributed by atoms with van der Waals surface area (Å²) in [5.41, 5.74) is 2.25. The molecule has 2 aromatic heterocycles. The lowest BCUT2D eigenvalue weighted by molar-refractivity contribution is 0.0148. The summed E-state index contributed by atoms with van der Waals surface area (Å²) in [4.78, 5) is 18.5. The molecule has 1 aliphatic heterocycles. The highest BCUT2D eigenvalue weighted by molar-refractivity contribution is 5.90. The van der Waals surface area contributed by atoms with E-state index in [2.05, 4.69) is 20.5 Å². The number of nitrogens with one attached hydrogen (secondary N) is 1. The number of hydrogen-bond acceptors (Lipinski definition) is 6. The number of rotatable bonds is 5. The second-order valence-electron chi connectivity index (χ2n) is 8.90. The van der Waals surface area contributed by atoms with Crippen molar-refractivity contribution in [2.75, 3.05) is 23.3 Å². The number of pyridine rings is 1. The maximum Gasteiger partial charge on any atom is 0.415 e. The molecule has 170 valence electrons. The Morgan fingerprint density at radius 2 is 1.97 bits per heavy atom. The first kappa shape index (κ1) is 21.3. The quantitative estimate of drug-likeness (QED) is 0.594. The van der Waals surface area contributed by atoms with Crippen molar-refractivity contribution in [2.24, 2.45) is 5.92 Å². The Morgan fingerprint density at radius 1 is 1.15 bits per heavy atom. The second-order valence-corrected chi connectivity index (χ2v) is 8.90. The first-order chi connectivity index (χ1) is 16.0. The minimum atomic E-state index is -0.411. The number of hydrogen-bond donors (Lipinski definition) is 1. The maximum atomic E-state index is 13.9. The Balaban J connectivity index is 1.15. The molecule has 1 aliphatic carbocycles. The van der Waals surface area contributed by atoms with Crippen molar-refractivity contribution in [1.29, 1.82) is 0 Å². The summed E-state index contributed by atoms with van der Waals surface area (Å²) in [6.45, 7) is 3.26. The summed E-state index contributed by atoms with van der Waals surface area (Å²) in [5.74, 6) is 0.815. The molecule has 0 unspecified atom stereocenters. The summed E-state index contributed by atoms with van der Waals surface area (Å²) in [5, 5.41) is 11.7. The number of halogens is 1. The van der Waals surface area contributed by atoms with Crippen LogP contribution in [0.2, 0.25) is 0 Å². The van der Waals surface area contributed by atoms with Crippen LogP contribution in [0.15, 0.2) is 54.7 Å². The lowest BCUT2D eigenvalue weighted by atomic mass is 9.78. The van der Waals surface area contributed by atoms with Crippen molar-refractivity contribution in [3.63, 3.8) is 0 Å². The van der Waals surface area contributed by atoms with Crippen LogP contribution in [0, 0.1) is 18.7 Å². The molecular weight excluding hydrogens is 421 g/mol. The smallest absolute Gasteiger partial charge is 0.415 e. The van der Waals surface area contributed by atoms with E-state index in [1.165, 1.54) is 6.07 Å². The van der Waals surface area contributed by atoms with Crippen molar-refractivity contribution in [1.82, 2.24) is 15.2 Å². The first-order valence-electron chi connectivity index (χ1n) is 11.3. The predicted octanol–water partition coefficient (Wildman–Crippen LogP) is 4.98. The third kappa shape index (κ3) is 4.51. The molecule has 1 spiro atoms. The van der Waals surface area contributed by atoms with Gasteiger partial charge in [-0.25, -0.2) is 9.18 Å². The van der Waals surface area contributed by atoms with Gasteiger partial charge in [0.05, 0.1) is 17.9 Å². The molecule has 33 heavy (non-hydrogen) atoms. The van der Waals surface area contributed by atoms with Crippen molar-refractivity contribution >= 4 is 17.6 Å². The normalized spacial score (nSPS) is 22.4. The van der Waals surface area contributed by atoms with Gasteiger partial charge >= 0.3 is 6.09 Å². The van der Waals surface area contributed by atoms with E-state index in [1.54, 1.807) is 35.4 Å². The van der Waals surface area contributed by atoms with E-state index >= 15 is 0 Å². The molecule has 1 aromatic carbocycles.